The van der Waals surface area contributed by atoms with Crippen LogP contribution in [0.15, 0.2) is 42.6 Å². The molecule has 3 aromatic rings. The Morgan fingerprint density at radius 3 is 2.76 bits per heavy atom. The van der Waals surface area contributed by atoms with Crippen molar-refractivity contribution < 1.29 is 13.9 Å². The Kier molecular flexibility index (Phi) is 3.67. The largest absolute Gasteiger partial charge is 0.496 e. The van der Waals surface area contributed by atoms with Crippen molar-refractivity contribution in [1.29, 1.82) is 0 Å². The molecule has 0 saturated heterocycles. The third kappa shape index (κ3) is 2.42. The molecule has 3 rings (SSSR count). The molecule has 0 fully saturated rings. The first-order valence-electron chi connectivity index (χ1n) is 6.25. The highest BCUT2D eigenvalue weighted by Gasteiger charge is 2.19. The molecule has 0 saturated carbocycles. The molecular weight excluding hydrogens is 384 g/mol. The van der Waals surface area contributed by atoms with E-state index in [0.29, 0.717) is 20.4 Å². The average Bonchev–Trinajstić information content (AvgIpc) is 2.90. The average molecular weight is 395 g/mol. The topological polar surface area (TPSA) is 42.1 Å². The summed E-state index contributed by atoms with van der Waals surface area (Å²) in [5.74, 6) is 0.122. The van der Waals surface area contributed by atoms with Gasteiger partial charge in [0.2, 0.25) is 0 Å². The summed E-state index contributed by atoms with van der Waals surface area (Å²) < 4.78 is 19.1. The molecule has 0 aliphatic rings. The number of benzene rings is 2. The molecule has 0 spiro atoms. The van der Waals surface area contributed by atoms with E-state index in [1.807, 2.05) is 40.8 Å². The van der Waals surface area contributed by atoms with Crippen LogP contribution >= 0.6 is 22.6 Å². The molecule has 0 aliphatic carbocycles. The van der Waals surface area contributed by atoms with E-state index >= 15 is 0 Å². The Balaban J connectivity index is 2.18. The number of ketones is 1. The number of carbonyl (C=O) groups excluding carboxylic acids is 1. The summed E-state index contributed by atoms with van der Waals surface area (Å²) in [6.07, 6.45) is 1.66. The van der Waals surface area contributed by atoms with E-state index in [2.05, 4.69) is 4.98 Å². The van der Waals surface area contributed by atoms with Gasteiger partial charge in [-0.15, -0.1) is 0 Å². The number of rotatable bonds is 3. The fourth-order valence-electron chi connectivity index (χ4n) is 2.32. The van der Waals surface area contributed by atoms with Crippen molar-refractivity contribution in [2.45, 2.75) is 0 Å². The molecule has 0 amide bonds. The van der Waals surface area contributed by atoms with Crippen molar-refractivity contribution in [2.24, 2.45) is 0 Å². The maximum atomic E-state index is 13.2. The summed E-state index contributed by atoms with van der Waals surface area (Å²) in [5, 5.41) is 0.741. The lowest BCUT2D eigenvalue weighted by atomic mass is 10.0. The summed E-state index contributed by atoms with van der Waals surface area (Å²) in [6.45, 7) is 0. The van der Waals surface area contributed by atoms with Gasteiger partial charge < -0.3 is 9.72 Å². The quantitative estimate of drug-likeness (QED) is 0.535. The second kappa shape index (κ2) is 5.48. The second-order valence-electron chi connectivity index (χ2n) is 4.54. The standard InChI is InChI=1S/C16H11FINO2/c1-21-14-4-2-3-13-15(14)11(8-19-13)16(20)10-6-5-9(17)7-12(10)18/h2-8,19H,1H3. The molecule has 1 N–H and O–H groups in total. The van der Waals surface area contributed by atoms with Crippen LogP contribution in [0.3, 0.4) is 0 Å². The van der Waals surface area contributed by atoms with Crippen LogP contribution < -0.4 is 4.74 Å². The molecule has 0 atom stereocenters. The van der Waals surface area contributed by atoms with Gasteiger partial charge in [-0.3, -0.25) is 4.79 Å². The molecule has 1 heterocycles. The summed E-state index contributed by atoms with van der Waals surface area (Å²) in [5.41, 5.74) is 1.82. The highest BCUT2D eigenvalue weighted by atomic mass is 127. The lowest BCUT2D eigenvalue weighted by Gasteiger charge is -2.06. The number of fused-ring (bicyclic) bond motifs is 1. The fourth-order valence-corrected chi connectivity index (χ4v) is 3.04. The number of aromatic amines is 1. The first-order valence-corrected chi connectivity index (χ1v) is 7.33. The smallest absolute Gasteiger partial charge is 0.196 e. The first kappa shape index (κ1) is 14.1. The van der Waals surface area contributed by atoms with Gasteiger partial charge in [0.1, 0.15) is 11.6 Å². The molecule has 0 aliphatic heterocycles. The van der Waals surface area contributed by atoms with Crippen LogP contribution in [0, 0.1) is 9.39 Å². The van der Waals surface area contributed by atoms with E-state index in [9.17, 15) is 9.18 Å². The van der Waals surface area contributed by atoms with Crippen LogP contribution in [0.25, 0.3) is 10.9 Å². The number of hydrogen-bond acceptors (Lipinski definition) is 2. The van der Waals surface area contributed by atoms with Crippen LogP contribution in [0.5, 0.6) is 5.75 Å². The summed E-state index contributed by atoms with van der Waals surface area (Å²) in [7, 11) is 1.57. The van der Waals surface area contributed by atoms with Gasteiger partial charge in [0.15, 0.2) is 5.78 Å². The number of nitrogens with one attached hydrogen (secondary N) is 1. The zero-order valence-electron chi connectivity index (χ0n) is 11.1. The zero-order chi connectivity index (χ0) is 15.0. The Morgan fingerprint density at radius 1 is 1.24 bits per heavy atom. The molecule has 0 radical (unpaired) electrons. The Hall–Kier alpha value is -1.89. The molecule has 0 unspecified atom stereocenters. The number of methoxy groups -OCH3 is 1. The van der Waals surface area contributed by atoms with Crippen molar-refractivity contribution in [1.82, 2.24) is 4.98 Å². The molecule has 106 valence electrons. The number of aromatic nitrogens is 1. The lowest BCUT2D eigenvalue weighted by molar-refractivity contribution is 0.103. The van der Waals surface area contributed by atoms with E-state index in [-0.39, 0.29) is 11.6 Å². The lowest BCUT2D eigenvalue weighted by Crippen LogP contribution is -2.04. The summed E-state index contributed by atoms with van der Waals surface area (Å²) in [6, 6.07) is 9.69. The van der Waals surface area contributed by atoms with Gasteiger partial charge in [0.05, 0.1) is 18.1 Å². The first-order chi connectivity index (χ1) is 10.1. The predicted molar refractivity (Wildman–Crippen MR) is 87.4 cm³/mol. The molecule has 3 nitrogen and oxygen atoms in total. The van der Waals surface area contributed by atoms with Crippen LogP contribution in [0.1, 0.15) is 15.9 Å². The fraction of sp³-hybridized carbons (Fsp3) is 0.0625. The van der Waals surface area contributed by atoms with Crippen LogP contribution in [0.4, 0.5) is 4.39 Å². The molecule has 2 aromatic carbocycles. The van der Waals surface area contributed by atoms with Crippen LogP contribution in [-0.2, 0) is 0 Å². The van der Waals surface area contributed by atoms with E-state index in [0.717, 1.165) is 10.9 Å². The Morgan fingerprint density at radius 2 is 2.05 bits per heavy atom. The van der Waals surface area contributed by atoms with Gasteiger partial charge in [-0.25, -0.2) is 4.39 Å². The normalized spacial score (nSPS) is 10.8. The number of carbonyl (C=O) groups is 1. The van der Waals surface area contributed by atoms with Crippen molar-refractivity contribution in [3.8, 4) is 5.75 Å². The van der Waals surface area contributed by atoms with Gasteiger partial charge in [-0.2, -0.15) is 0 Å². The SMILES string of the molecule is COc1cccc2[nH]cc(C(=O)c3ccc(F)cc3I)c12. The summed E-state index contributed by atoms with van der Waals surface area (Å²) in [4.78, 5) is 15.8. The third-order valence-electron chi connectivity index (χ3n) is 3.31. The van der Waals surface area contributed by atoms with Crippen molar-refractivity contribution in [2.75, 3.05) is 7.11 Å². The van der Waals surface area contributed by atoms with Crippen molar-refractivity contribution in [3.05, 3.63) is 63.1 Å². The maximum Gasteiger partial charge on any atom is 0.196 e. The second-order valence-corrected chi connectivity index (χ2v) is 5.70. The van der Waals surface area contributed by atoms with Crippen LogP contribution in [0.2, 0.25) is 0 Å². The van der Waals surface area contributed by atoms with Gasteiger partial charge in [0.25, 0.3) is 0 Å². The van der Waals surface area contributed by atoms with Crippen molar-refractivity contribution >= 4 is 39.3 Å². The van der Waals surface area contributed by atoms with E-state index in [4.69, 9.17) is 4.74 Å². The van der Waals surface area contributed by atoms with Crippen molar-refractivity contribution in [3.63, 3.8) is 0 Å². The third-order valence-corrected chi connectivity index (χ3v) is 4.20. The highest BCUT2D eigenvalue weighted by molar-refractivity contribution is 14.1. The summed E-state index contributed by atoms with van der Waals surface area (Å²) >= 11 is 1.97. The van der Waals surface area contributed by atoms with Gasteiger partial charge in [0, 0.05) is 20.8 Å². The molecule has 1 aromatic heterocycles. The molecule has 5 heteroatoms. The molecule has 0 bridgehead atoms. The van der Waals surface area contributed by atoms with Gasteiger partial charge in [-0.05, 0) is 52.9 Å². The monoisotopic (exact) mass is 395 g/mol. The van der Waals surface area contributed by atoms with Gasteiger partial charge >= 0.3 is 0 Å². The van der Waals surface area contributed by atoms with E-state index in [1.165, 1.54) is 18.2 Å². The minimum Gasteiger partial charge on any atom is -0.496 e. The number of halogens is 2. The van der Waals surface area contributed by atoms with E-state index < -0.39 is 0 Å². The number of hydrogen-bond donors (Lipinski definition) is 1. The minimum absolute atomic E-state index is 0.157. The van der Waals surface area contributed by atoms with Gasteiger partial charge in [-0.1, -0.05) is 6.07 Å². The molecule has 21 heavy (non-hydrogen) atoms. The minimum atomic E-state index is -0.354. The highest BCUT2D eigenvalue weighted by Crippen LogP contribution is 2.30. The van der Waals surface area contributed by atoms with Crippen LogP contribution in [-0.4, -0.2) is 17.9 Å². The zero-order valence-corrected chi connectivity index (χ0v) is 13.3. The number of ether oxygens (including phenoxy) is 1. The predicted octanol–water partition coefficient (Wildman–Crippen LogP) is 4.15. The number of H-pyrrole nitrogens is 1. The Bertz CT molecular complexity index is 841. The van der Waals surface area contributed by atoms with E-state index in [1.54, 1.807) is 13.3 Å². The molecular formula is C16H11FINO2. The Labute approximate surface area is 134 Å². The maximum absolute atomic E-state index is 13.2.